The zero-order valence-corrected chi connectivity index (χ0v) is 22.1. The molecule has 0 atom stereocenters. The van der Waals surface area contributed by atoms with E-state index < -0.39 is 10.0 Å². The number of nitrogens with zero attached hydrogens (tertiary/aromatic N) is 5. The van der Waals surface area contributed by atoms with E-state index >= 15 is 0 Å². The number of primary sulfonamides is 1. The van der Waals surface area contributed by atoms with Gasteiger partial charge < -0.3 is 20.2 Å². The number of rotatable bonds is 11. The van der Waals surface area contributed by atoms with Crippen LogP contribution >= 0.6 is 0 Å². The van der Waals surface area contributed by atoms with E-state index in [4.69, 9.17) is 20.0 Å². The predicted molar refractivity (Wildman–Crippen MR) is 147 cm³/mol. The number of carbonyl (C=O) groups is 1. The van der Waals surface area contributed by atoms with Gasteiger partial charge in [-0.2, -0.15) is 10.1 Å². The molecule has 2 heterocycles. The molecule has 38 heavy (non-hydrogen) atoms. The van der Waals surface area contributed by atoms with Crippen LogP contribution in [0, 0.1) is 0 Å². The van der Waals surface area contributed by atoms with Crippen molar-refractivity contribution in [3.8, 4) is 0 Å². The Hall–Kier alpha value is -4.07. The van der Waals surface area contributed by atoms with E-state index in [-0.39, 0.29) is 11.4 Å². The fraction of sp³-hybridized carbons (Fsp3) is 0.280. The van der Waals surface area contributed by atoms with Gasteiger partial charge >= 0.3 is 0 Å². The lowest BCUT2D eigenvalue weighted by atomic mass is 10.2. The summed E-state index contributed by atoms with van der Waals surface area (Å²) >= 11 is 0. The number of sulfonamides is 1. The maximum absolute atomic E-state index is 11.7. The number of benzene rings is 2. The maximum Gasteiger partial charge on any atom is 0.290 e. The zero-order valence-electron chi connectivity index (χ0n) is 21.3. The van der Waals surface area contributed by atoms with Gasteiger partial charge in [0.2, 0.25) is 16.0 Å². The fourth-order valence-electron chi connectivity index (χ4n) is 3.98. The van der Waals surface area contributed by atoms with E-state index in [0.29, 0.717) is 11.6 Å². The molecule has 0 fully saturated rings. The minimum atomic E-state index is -3.81. The molecule has 5 N–H and O–H groups in total. The van der Waals surface area contributed by atoms with Crippen LogP contribution in [0.15, 0.2) is 65.8 Å². The summed E-state index contributed by atoms with van der Waals surface area (Å²) in [6.07, 6.45) is 4.45. The van der Waals surface area contributed by atoms with E-state index in [1.54, 1.807) is 18.3 Å². The third-order valence-corrected chi connectivity index (χ3v) is 6.75. The first kappa shape index (κ1) is 28.5. The molecule has 0 saturated heterocycles. The third kappa shape index (κ3) is 7.47. The van der Waals surface area contributed by atoms with Crippen molar-refractivity contribution in [3.05, 3.63) is 60.9 Å². The monoisotopic (exact) mass is 540 g/mol. The van der Waals surface area contributed by atoms with Gasteiger partial charge in [-0.05, 0) is 62.5 Å². The highest BCUT2D eigenvalue weighted by Gasteiger charge is 2.16. The first-order valence-corrected chi connectivity index (χ1v) is 13.6. The molecule has 0 saturated carbocycles. The molecule has 4 rings (SSSR count). The molecule has 0 unspecified atom stereocenters. The summed E-state index contributed by atoms with van der Waals surface area (Å²) in [6.45, 7) is 7.82. The molecule has 0 aliphatic carbocycles. The normalized spacial score (nSPS) is 11.2. The molecule has 2 aromatic heterocycles. The highest BCUT2D eigenvalue weighted by atomic mass is 32.2. The summed E-state index contributed by atoms with van der Waals surface area (Å²) in [5, 5.41) is 23.5. The van der Waals surface area contributed by atoms with Crippen LogP contribution < -0.4 is 15.4 Å². The van der Waals surface area contributed by atoms with E-state index in [1.165, 1.54) is 12.1 Å². The summed E-state index contributed by atoms with van der Waals surface area (Å²) < 4.78 is 23.4. The Morgan fingerprint density at radius 1 is 1.11 bits per heavy atom. The van der Waals surface area contributed by atoms with Crippen molar-refractivity contribution in [2.24, 2.45) is 5.14 Å². The van der Waals surface area contributed by atoms with Crippen LogP contribution in [-0.2, 0) is 14.8 Å². The Bertz CT molecular complexity index is 1440. The Kier molecular flexibility index (Phi) is 10.1. The third-order valence-electron chi connectivity index (χ3n) is 5.84. The van der Waals surface area contributed by atoms with Gasteiger partial charge in [-0.1, -0.05) is 26.0 Å². The number of anilines is 4. The van der Waals surface area contributed by atoms with Crippen molar-refractivity contribution in [1.82, 2.24) is 25.1 Å². The molecule has 0 spiro atoms. The quantitative estimate of drug-likeness (QED) is 0.207. The maximum atomic E-state index is 11.7. The van der Waals surface area contributed by atoms with Crippen molar-refractivity contribution in [1.29, 1.82) is 0 Å². The number of nitrogens with two attached hydrogens (primary N) is 1. The van der Waals surface area contributed by atoms with Crippen LogP contribution in [0.3, 0.4) is 0 Å². The number of aromatic nitrogens is 4. The number of H-pyrrole nitrogens is 1. The van der Waals surface area contributed by atoms with E-state index in [0.717, 1.165) is 55.0 Å². The molecule has 0 aliphatic rings. The second-order valence-electron chi connectivity index (χ2n) is 8.18. The van der Waals surface area contributed by atoms with E-state index in [2.05, 4.69) is 50.2 Å². The van der Waals surface area contributed by atoms with Crippen molar-refractivity contribution in [3.63, 3.8) is 0 Å². The summed E-state index contributed by atoms with van der Waals surface area (Å²) in [5.41, 5.74) is 2.47. The minimum Gasteiger partial charge on any atom is -0.483 e. The Morgan fingerprint density at radius 3 is 2.55 bits per heavy atom. The number of aromatic amines is 1. The summed E-state index contributed by atoms with van der Waals surface area (Å²) in [4.78, 5) is 22.0. The molecular formula is C25H32N8O4S. The molecule has 0 bridgehead atoms. The van der Waals surface area contributed by atoms with Crippen LogP contribution in [0.25, 0.3) is 10.9 Å². The molecule has 12 nitrogen and oxygen atoms in total. The molecule has 4 aromatic rings. The molecule has 2 aromatic carbocycles. The number of hydrogen-bond acceptors (Lipinski definition) is 9. The topological polar surface area (TPSA) is 170 Å². The lowest BCUT2D eigenvalue weighted by Gasteiger charge is -2.26. The Balaban J connectivity index is 0.00000127. The van der Waals surface area contributed by atoms with Crippen molar-refractivity contribution < 1.29 is 18.3 Å². The second kappa shape index (κ2) is 13.5. The Morgan fingerprint density at radius 2 is 1.84 bits per heavy atom. The first-order chi connectivity index (χ1) is 18.3. The van der Waals surface area contributed by atoms with Gasteiger partial charge in [0.1, 0.15) is 5.82 Å². The van der Waals surface area contributed by atoms with Crippen molar-refractivity contribution in [2.75, 3.05) is 36.4 Å². The average Bonchev–Trinajstić information content (AvgIpc) is 3.39. The SMILES string of the molecule is CCN(CC)CCCN(c1ccnc(Nc2cccc(S(N)(=O)=O)c2)n1)c1cccc2[nH]ncc12.O=CO. The van der Waals surface area contributed by atoms with Crippen molar-refractivity contribution in [2.45, 2.75) is 25.2 Å². The van der Waals surface area contributed by atoms with Crippen molar-refractivity contribution >= 4 is 50.5 Å². The number of fused-ring (bicyclic) bond motifs is 1. The van der Waals surface area contributed by atoms with Gasteiger partial charge in [0.15, 0.2) is 0 Å². The number of nitrogens with one attached hydrogen (secondary N) is 2. The zero-order chi connectivity index (χ0) is 27.5. The van der Waals surface area contributed by atoms with Crippen LogP contribution in [0.4, 0.5) is 23.1 Å². The van der Waals surface area contributed by atoms with Gasteiger partial charge in [0.05, 0.1) is 22.3 Å². The molecule has 0 amide bonds. The van der Waals surface area contributed by atoms with Crippen LogP contribution in [0.2, 0.25) is 0 Å². The van der Waals surface area contributed by atoms with E-state index in [1.807, 2.05) is 24.4 Å². The average molecular weight is 541 g/mol. The standard InChI is InChI=1S/C24H30N8O2S.CH2O2/c1-3-31(4-2)14-7-15-32(22-11-6-10-21-20(22)17-27-30-21)23-12-13-26-24(29-23)28-18-8-5-9-19(16-18)35(25,33)34;2-1-3/h5-6,8-13,16-17H,3-4,7,14-15H2,1-2H3,(H,27,30)(H2,25,33,34)(H,26,28,29);1H,(H,2,3). The summed E-state index contributed by atoms with van der Waals surface area (Å²) in [5.74, 6) is 1.07. The van der Waals surface area contributed by atoms with E-state index in [9.17, 15) is 8.42 Å². The Labute approximate surface area is 221 Å². The van der Waals surface area contributed by atoms with Crippen LogP contribution in [0.1, 0.15) is 20.3 Å². The summed E-state index contributed by atoms with van der Waals surface area (Å²) in [7, 11) is -3.81. The lowest BCUT2D eigenvalue weighted by molar-refractivity contribution is -0.122. The van der Waals surface area contributed by atoms with Gasteiger partial charge in [-0.3, -0.25) is 9.89 Å². The molecule has 13 heteroatoms. The molecule has 0 aliphatic heterocycles. The second-order valence-corrected chi connectivity index (χ2v) is 9.74. The lowest BCUT2D eigenvalue weighted by Crippen LogP contribution is -2.28. The number of carboxylic acid groups (broad SMARTS) is 1. The smallest absolute Gasteiger partial charge is 0.290 e. The minimum absolute atomic E-state index is 0.0170. The number of hydrogen-bond donors (Lipinski definition) is 4. The first-order valence-electron chi connectivity index (χ1n) is 12.0. The van der Waals surface area contributed by atoms with Gasteiger partial charge in [-0.25, -0.2) is 18.5 Å². The van der Waals surface area contributed by atoms with Gasteiger partial charge in [0.25, 0.3) is 6.47 Å². The van der Waals surface area contributed by atoms with Gasteiger partial charge in [-0.15, -0.1) is 0 Å². The van der Waals surface area contributed by atoms with Gasteiger partial charge in [0, 0.05) is 23.8 Å². The molecule has 0 radical (unpaired) electrons. The summed E-state index contributed by atoms with van der Waals surface area (Å²) in [6, 6.07) is 14.2. The highest BCUT2D eigenvalue weighted by molar-refractivity contribution is 7.89. The molecule has 202 valence electrons. The largest absolute Gasteiger partial charge is 0.483 e. The highest BCUT2D eigenvalue weighted by Crippen LogP contribution is 2.31. The van der Waals surface area contributed by atoms with Crippen LogP contribution in [0.5, 0.6) is 0 Å². The predicted octanol–water partition coefficient (Wildman–Crippen LogP) is 3.31. The van der Waals surface area contributed by atoms with Crippen LogP contribution in [-0.4, -0.2) is 71.2 Å². The molecular weight excluding hydrogens is 508 g/mol. The fourth-order valence-corrected chi connectivity index (χ4v) is 4.54.